The molecule has 180 valence electrons. The monoisotopic (exact) mass is 557 g/mol. The molecule has 2 N–H and O–H groups in total. The Morgan fingerprint density at radius 3 is 2.41 bits per heavy atom. The van der Waals surface area contributed by atoms with Crippen molar-refractivity contribution in [3.05, 3.63) is 30.3 Å². The number of para-hydroxylation sites is 1. The minimum Gasteiger partial charge on any atom is -0.385 e. The molecular weight excluding hydrogens is 517 g/mol. The number of methoxy groups -OCH3 is 1. The van der Waals surface area contributed by atoms with E-state index in [1.807, 2.05) is 11.0 Å². The normalized spacial score (nSPS) is 18.2. The van der Waals surface area contributed by atoms with Crippen LogP contribution in [0.4, 0.5) is 5.69 Å². The molecule has 1 heterocycles. The number of hydrogen-bond donors (Lipinski definition) is 2. The SMILES string of the molecule is CN=C(NCCC(=O)N1CCN(c2ccccc2)CC1)NCC1(CCOC)CCCC1.I. The number of anilines is 1. The highest BCUT2D eigenvalue weighted by molar-refractivity contribution is 14.0. The topological polar surface area (TPSA) is 69.2 Å². The Morgan fingerprint density at radius 1 is 1.09 bits per heavy atom. The van der Waals surface area contributed by atoms with E-state index >= 15 is 0 Å². The first-order valence-electron chi connectivity index (χ1n) is 11.7. The zero-order valence-corrected chi connectivity index (χ0v) is 22.0. The number of nitrogens with zero attached hydrogens (tertiary/aromatic N) is 3. The van der Waals surface area contributed by atoms with Crippen LogP contribution in [0.2, 0.25) is 0 Å². The van der Waals surface area contributed by atoms with Crippen LogP contribution in [0.5, 0.6) is 0 Å². The van der Waals surface area contributed by atoms with Crippen molar-refractivity contribution >= 4 is 41.5 Å². The zero-order valence-electron chi connectivity index (χ0n) is 19.6. The highest BCUT2D eigenvalue weighted by Gasteiger charge is 2.33. The second-order valence-corrected chi connectivity index (χ2v) is 8.76. The number of ether oxygens (including phenoxy) is 1. The summed E-state index contributed by atoms with van der Waals surface area (Å²) in [6.07, 6.45) is 6.65. The van der Waals surface area contributed by atoms with E-state index in [0.717, 1.165) is 51.7 Å². The Morgan fingerprint density at radius 2 is 1.78 bits per heavy atom. The maximum Gasteiger partial charge on any atom is 0.224 e. The third kappa shape index (κ3) is 7.79. The Balaban J connectivity index is 0.00000363. The highest BCUT2D eigenvalue weighted by Crippen LogP contribution is 2.40. The minimum atomic E-state index is 0. The van der Waals surface area contributed by atoms with Crippen LogP contribution in [-0.2, 0) is 9.53 Å². The molecule has 1 aromatic carbocycles. The van der Waals surface area contributed by atoms with Crippen LogP contribution in [0.25, 0.3) is 0 Å². The van der Waals surface area contributed by atoms with Gasteiger partial charge >= 0.3 is 0 Å². The Kier molecular flexibility index (Phi) is 11.6. The molecule has 1 saturated carbocycles. The van der Waals surface area contributed by atoms with E-state index in [4.69, 9.17) is 4.74 Å². The molecule has 8 heteroatoms. The number of amides is 1. The third-order valence-corrected chi connectivity index (χ3v) is 6.74. The predicted molar refractivity (Wildman–Crippen MR) is 142 cm³/mol. The van der Waals surface area contributed by atoms with Gasteiger partial charge in [-0.25, -0.2) is 0 Å². The molecule has 3 rings (SSSR count). The summed E-state index contributed by atoms with van der Waals surface area (Å²) in [5.74, 6) is 0.994. The molecule has 1 aliphatic heterocycles. The van der Waals surface area contributed by atoms with Gasteiger partial charge in [-0.2, -0.15) is 0 Å². The van der Waals surface area contributed by atoms with Crippen molar-refractivity contribution in [1.82, 2.24) is 15.5 Å². The molecule has 0 unspecified atom stereocenters. The lowest BCUT2D eigenvalue weighted by molar-refractivity contribution is -0.131. The fourth-order valence-electron chi connectivity index (χ4n) is 4.75. The first kappa shape index (κ1) is 26.7. The quantitative estimate of drug-likeness (QED) is 0.278. The molecular formula is C24H40IN5O2. The molecule has 0 atom stereocenters. The van der Waals surface area contributed by atoms with E-state index in [2.05, 4.69) is 44.8 Å². The minimum absolute atomic E-state index is 0. The summed E-state index contributed by atoms with van der Waals surface area (Å²) in [4.78, 5) is 21.3. The molecule has 7 nitrogen and oxygen atoms in total. The average Bonchev–Trinajstić information content (AvgIpc) is 3.29. The van der Waals surface area contributed by atoms with Gasteiger partial charge in [-0.3, -0.25) is 9.79 Å². The van der Waals surface area contributed by atoms with Gasteiger partial charge in [0, 0.05) is 72.1 Å². The van der Waals surface area contributed by atoms with Crippen LogP contribution >= 0.6 is 24.0 Å². The van der Waals surface area contributed by atoms with Crippen LogP contribution in [0.1, 0.15) is 38.5 Å². The fraction of sp³-hybridized carbons (Fsp3) is 0.667. The van der Waals surface area contributed by atoms with Gasteiger partial charge in [0.15, 0.2) is 5.96 Å². The number of halogens is 1. The van der Waals surface area contributed by atoms with Crippen molar-refractivity contribution in [3.63, 3.8) is 0 Å². The van der Waals surface area contributed by atoms with E-state index in [-0.39, 0.29) is 29.9 Å². The molecule has 32 heavy (non-hydrogen) atoms. The first-order valence-corrected chi connectivity index (χ1v) is 11.7. The summed E-state index contributed by atoms with van der Waals surface area (Å²) < 4.78 is 5.32. The molecule has 0 spiro atoms. The van der Waals surface area contributed by atoms with Gasteiger partial charge in [-0.05, 0) is 36.8 Å². The van der Waals surface area contributed by atoms with Gasteiger partial charge in [0.2, 0.25) is 5.91 Å². The Labute approximate surface area is 210 Å². The number of rotatable bonds is 9. The van der Waals surface area contributed by atoms with Crippen molar-refractivity contribution in [3.8, 4) is 0 Å². The molecule has 1 aliphatic carbocycles. The first-order chi connectivity index (χ1) is 15.2. The van der Waals surface area contributed by atoms with E-state index in [1.165, 1.54) is 31.4 Å². The number of hydrogen-bond acceptors (Lipinski definition) is 4. The van der Waals surface area contributed by atoms with Crippen LogP contribution in [0.15, 0.2) is 35.3 Å². The van der Waals surface area contributed by atoms with E-state index < -0.39 is 0 Å². The van der Waals surface area contributed by atoms with Crippen LogP contribution in [0, 0.1) is 5.41 Å². The molecule has 0 radical (unpaired) electrons. The maximum absolute atomic E-state index is 12.6. The Hall–Kier alpha value is -1.55. The van der Waals surface area contributed by atoms with E-state index in [0.29, 0.717) is 18.4 Å². The number of carbonyl (C=O) groups excluding carboxylic acids is 1. The maximum atomic E-state index is 12.6. The summed E-state index contributed by atoms with van der Waals surface area (Å²) in [5.41, 5.74) is 1.54. The van der Waals surface area contributed by atoms with Gasteiger partial charge in [0.1, 0.15) is 0 Å². The summed E-state index contributed by atoms with van der Waals surface area (Å²) >= 11 is 0. The van der Waals surface area contributed by atoms with Crippen molar-refractivity contribution < 1.29 is 9.53 Å². The van der Waals surface area contributed by atoms with Gasteiger partial charge in [0.25, 0.3) is 0 Å². The van der Waals surface area contributed by atoms with Gasteiger partial charge in [-0.1, -0.05) is 31.0 Å². The number of guanidine groups is 1. The highest BCUT2D eigenvalue weighted by atomic mass is 127. The standard InChI is InChI=1S/C24H39N5O2.HI/c1-25-23(27-20-24(13-19-31-2)11-6-7-12-24)26-14-10-22(30)29-17-15-28(16-18-29)21-8-4-3-5-9-21;/h3-5,8-9H,6-7,10-20H2,1-2H3,(H2,25,26,27);1H. The molecule has 1 saturated heterocycles. The van der Waals surface area contributed by atoms with Crippen molar-refractivity contribution in [2.45, 2.75) is 38.5 Å². The zero-order chi connectivity index (χ0) is 21.9. The largest absolute Gasteiger partial charge is 0.385 e. The Bertz CT molecular complexity index is 702. The van der Waals surface area contributed by atoms with E-state index in [1.54, 1.807) is 14.2 Å². The second kappa shape index (κ2) is 13.9. The average molecular weight is 558 g/mol. The fourth-order valence-corrected chi connectivity index (χ4v) is 4.75. The molecule has 2 aliphatic rings. The predicted octanol–water partition coefficient (Wildman–Crippen LogP) is 3.11. The van der Waals surface area contributed by atoms with Crippen LogP contribution < -0.4 is 15.5 Å². The second-order valence-electron chi connectivity index (χ2n) is 8.76. The lowest BCUT2D eigenvalue weighted by atomic mass is 9.83. The van der Waals surface area contributed by atoms with Crippen LogP contribution in [-0.4, -0.2) is 76.8 Å². The summed E-state index contributed by atoms with van der Waals surface area (Å²) in [5, 5.41) is 6.81. The van der Waals surface area contributed by atoms with Gasteiger partial charge < -0.3 is 25.2 Å². The molecule has 2 fully saturated rings. The molecule has 0 aromatic heterocycles. The lowest BCUT2D eigenvalue weighted by Crippen LogP contribution is -2.49. The summed E-state index contributed by atoms with van der Waals surface area (Å²) in [7, 11) is 3.56. The number of aliphatic imine (C=N–C) groups is 1. The van der Waals surface area contributed by atoms with Crippen LogP contribution in [0.3, 0.4) is 0 Å². The molecule has 1 amide bonds. The van der Waals surface area contributed by atoms with Gasteiger partial charge in [-0.15, -0.1) is 24.0 Å². The smallest absolute Gasteiger partial charge is 0.224 e. The van der Waals surface area contributed by atoms with Crippen molar-refractivity contribution in [2.24, 2.45) is 10.4 Å². The van der Waals surface area contributed by atoms with Crippen molar-refractivity contribution in [2.75, 3.05) is 64.9 Å². The number of piperazine rings is 1. The van der Waals surface area contributed by atoms with E-state index in [9.17, 15) is 4.79 Å². The summed E-state index contributed by atoms with van der Waals surface area (Å²) in [6.45, 7) is 5.64. The summed E-state index contributed by atoms with van der Waals surface area (Å²) in [6, 6.07) is 10.4. The number of benzene rings is 1. The number of nitrogens with one attached hydrogen (secondary N) is 2. The van der Waals surface area contributed by atoms with Gasteiger partial charge in [0.05, 0.1) is 0 Å². The number of carbonyl (C=O) groups is 1. The van der Waals surface area contributed by atoms with Crippen molar-refractivity contribution in [1.29, 1.82) is 0 Å². The lowest BCUT2D eigenvalue weighted by Gasteiger charge is -2.36. The molecule has 1 aromatic rings. The molecule has 0 bridgehead atoms. The third-order valence-electron chi connectivity index (χ3n) is 6.74.